The number of amides is 2. The zero-order valence-electron chi connectivity index (χ0n) is 17.7. The van der Waals surface area contributed by atoms with Gasteiger partial charge in [-0.1, -0.05) is 13.0 Å². The molecule has 9 nitrogen and oxygen atoms in total. The molecule has 3 fully saturated rings. The molecule has 31 heavy (non-hydrogen) atoms. The minimum atomic E-state index is -0.847. The minimum Gasteiger partial charge on any atom is -0.376 e. The summed E-state index contributed by atoms with van der Waals surface area (Å²) < 4.78 is 11.7. The van der Waals surface area contributed by atoms with Gasteiger partial charge in [0.1, 0.15) is 11.8 Å². The van der Waals surface area contributed by atoms with E-state index in [1.807, 2.05) is 0 Å². The van der Waals surface area contributed by atoms with Crippen LogP contribution in [-0.4, -0.2) is 59.3 Å². The third-order valence-corrected chi connectivity index (χ3v) is 6.67. The number of rotatable bonds is 5. The fourth-order valence-electron chi connectivity index (χ4n) is 4.81. The molecule has 2 saturated heterocycles. The Kier molecular flexibility index (Phi) is 6.24. The molecule has 0 radical (unpaired) electrons. The van der Waals surface area contributed by atoms with Gasteiger partial charge in [0.15, 0.2) is 0 Å². The average Bonchev–Trinajstić information content (AvgIpc) is 3.42. The number of nitro benzene ring substituents is 1. The van der Waals surface area contributed by atoms with Crippen molar-refractivity contribution in [2.75, 3.05) is 19.8 Å². The van der Waals surface area contributed by atoms with E-state index in [1.54, 1.807) is 11.0 Å². The van der Waals surface area contributed by atoms with Gasteiger partial charge >= 0.3 is 0 Å². The first-order chi connectivity index (χ1) is 14.9. The number of hydrogen-bond acceptors (Lipinski definition) is 6. The quantitative estimate of drug-likeness (QED) is 0.567. The fourth-order valence-corrected chi connectivity index (χ4v) is 4.81. The van der Waals surface area contributed by atoms with Crippen LogP contribution in [0.3, 0.4) is 0 Å². The van der Waals surface area contributed by atoms with Gasteiger partial charge in [0, 0.05) is 30.8 Å². The van der Waals surface area contributed by atoms with E-state index in [-0.39, 0.29) is 29.9 Å². The summed E-state index contributed by atoms with van der Waals surface area (Å²) in [6.07, 6.45) is 4.95. The first-order valence-electron chi connectivity index (χ1n) is 11.0. The summed E-state index contributed by atoms with van der Waals surface area (Å²) in [4.78, 5) is 38.8. The minimum absolute atomic E-state index is 0.00307. The highest BCUT2D eigenvalue weighted by atomic mass is 16.6. The number of benzene rings is 1. The maximum atomic E-state index is 13.6. The highest BCUT2D eigenvalue weighted by Gasteiger charge is 2.53. The van der Waals surface area contributed by atoms with Gasteiger partial charge in [0.25, 0.3) is 11.6 Å². The summed E-state index contributed by atoms with van der Waals surface area (Å²) in [5, 5.41) is 14.1. The maximum Gasteiger partial charge on any atom is 0.270 e. The number of nitrogens with one attached hydrogen (secondary N) is 1. The number of non-ortho nitro benzene ring substituents is 1. The summed E-state index contributed by atoms with van der Waals surface area (Å²) in [5.74, 6) is -0.158. The first kappa shape index (κ1) is 21.7. The van der Waals surface area contributed by atoms with Crippen molar-refractivity contribution >= 4 is 17.5 Å². The summed E-state index contributed by atoms with van der Waals surface area (Å²) in [6.45, 7) is 3.39. The lowest BCUT2D eigenvalue weighted by Crippen LogP contribution is -2.57. The van der Waals surface area contributed by atoms with E-state index in [2.05, 4.69) is 12.2 Å². The average molecular weight is 431 g/mol. The van der Waals surface area contributed by atoms with Crippen LogP contribution < -0.4 is 5.32 Å². The Labute approximate surface area is 181 Å². The molecule has 1 spiro atoms. The summed E-state index contributed by atoms with van der Waals surface area (Å²) in [5.41, 5.74) is -0.814. The second kappa shape index (κ2) is 8.92. The van der Waals surface area contributed by atoms with Crippen LogP contribution in [0.25, 0.3) is 0 Å². The second-order valence-corrected chi connectivity index (χ2v) is 8.82. The molecule has 1 aliphatic carbocycles. The van der Waals surface area contributed by atoms with E-state index in [0.29, 0.717) is 31.9 Å². The molecule has 1 N–H and O–H groups in total. The molecule has 0 bridgehead atoms. The molecule has 9 heteroatoms. The molecule has 1 aromatic carbocycles. The Morgan fingerprint density at radius 3 is 2.74 bits per heavy atom. The summed E-state index contributed by atoms with van der Waals surface area (Å²) in [7, 11) is 0. The van der Waals surface area contributed by atoms with Gasteiger partial charge in [-0.3, -0.25) is 24.6 Å². The summed E-state index contributed by atoms with van der Waals surface area (Å²) >= 11 is 0. The molecule has 0 unspecified atom stereocenters. The van der Waals surface area contributed by atoms with Crippen LogP contribution in [0.5, 0.6) is 0 Å². The van der Waals surface area contributed by atoms with Crippen molar-refractivity contribution in [3.05, 3.63) is 39.9 Å². The van der Waals surface area contributed by atoms with Gasteiger partial charge in [0.2, 0.25) is 5.91 Å². The van der Waals surface area contributed by atoms with Crippen LogP contribution in [0.1, 0.15) is 55.8 Å². The van der Waals surface area contributed by atoms with Crippen LogP contribution in [0.2, 0.25) is 0 Å². The van der Waals surface area contributed by atoms with Crippen molar-refractivity contribution in [1.29, 1.82) is 0 Å². The van der Waals surface area contributed by atoms with E-state index in [9.17, 15) is 19.7 Å². The van der Waals surface area contributed by atoms with Crippen molar-refractivity contribution < 1.29 is 24.0 Å². The molecule has 2 heterocycles. The van der Waals surface area contributed by atoms with Crippen molar-refractivity contribution in [3.63, 3.8) is 0 Å². The summed E-state index contributed by atoms with van der Waals surface area (Å²) in [6, 6.07) is 4.88. The second-order valence-electron chi connectivity index (χ2n) is 8.82. The van der Waals surface area contributed by atoms with Gasteiger partial charge in [-0.15, -0.1) is 0 Å². The van der Waals surface area contributed by atoms with Crippen molar-refractivity contribution in [3.8, 4) is 0 Å². The molecule has 1 saturated carbocycles. The maximum absolute atomic E-state index is 13.6. The molecule has 4 rings (SSSR count). The van der Waals surface area contributed by atoms with E-state index in [1.165, 1.54) is 18.2 Å². The highest BCUT2D eigenvalue weighted by molar-refractivity contribution is 5.99. The van der Waals surface area contributed by atoms with Crippen LogP contribution in [-0.2, 0) is 14.3 Å². The van der Waals surface area contributed by atoms with Gasteiger partial charge in [-0.25, -0.2) is 0 Å². The number of nitrogens with zero attached hydrogens (tertiary/aromatic N) is 2. The van der Waals surface area contributed by atoms with Gasteiger partial charge in [0.05, 0.1) is 17.6 Å². The number of carbonyl (C=O) groups excluding carboxylic acids is 2. The van der Waals surface area contributed by atoms with Crippen LogP contribution in [0, 0.1) is 16.0 Å². The van der Waals surface area contributed by atoms with Gasteiger partial charge in [-0.05, 0) is 50.5 Å². The number of carbonyl (C=O) groups is 2. The fraction of sp³-hybridized carbons (Fsp3) is 0.636. The molecule has 168 valence electrons. The molecular weight excluding hydrogens is 402 g/mol. The van der Waals surface area contributed by atoms with Crippen molar-refractivity contribution in [2.24, 2.45) is 5.92 Å². The Morgan fingerprint density at radius 2 is 2.06 bits per heavy atom. The Balaban J connectivity index is 1.58. The molecule has 2 amide bonds. The Hall–Kier alpha value is -2.52. The van der Waals surface area contributed by atoms with Crippen LogP contribution in [0.15, 0.2) is 24.3 Å². The van der Waals surface area contributed by atoms with Gasteiger partial charge < -0.3 is 14.8 Å². The SMILES string of the molecule is CC1CCC2(CC1)OC[C@@H](C(=O)NC[C@@H]1CCCO1)N2C(=O)c1cccc([N+](=O)[O-])c1. The monoisotopic (exact) mass is 431 g/mol. The standard InChI is InChI=1S/C22H29N3O6/c1-15-7-9-22(10-8-15)24(21(27)16-4-2-5-17(12-16)25(28)29)19(14-31-22)20(26)23-13-18-6-3-11-30-18/h2,4-5,12,15,18-19H,3,6-11,13-14H2,1H3,(H,23,26)/t15?,18-,19-,22?/m0/s1. The predicted molar refractivity (Wildman–Crippen MR) is 111 cm³/mol. The zero-order valence-corrected chi connectivity index (χ0v) is 17.7. The van der Waals surface area contributed by atoms with Crippen LogP contribution in [0.4, 0.5) is 5.69 Å². The highest BCUT2D eigenvalue weighted by Crippen LogP contribution is 2.43. The van der Waals surface area contributed by atoms with E-state index in [0.717, 1.165) is 25.7 Å². The number of nitro groups is 1. The lowest BCUT2D eigenvalue weighted by Gasteiger charge is -2.43. The normalized spacial score (nSPS) is 30.5. The van der Waals surface area contributed by atoms with E-state index >= 15 is 0 Å². The predicted octanol–water partition coefficient (Wildman–Crippen LogP) is 2.64. The number of ether oxygens (including phenoxy) is 2. The van der Waals surface area contributed by atoms with Crippen molar-refractivity contribution in [2.45, 2.75) is 63.3 Å². The Morgan fingerprint density at radius 1 is 1.29 bits per heavy atom. The Bertz CT molecular complexity index is 845. The van der Waals surface area contributed by atoms with Crippen molar-refractivity contribution in [1.82, 2.24) is 10.2 Å². The van der Waals surface area contributed by atoms with E-state index < -0.39 is 22.6 Å². The molecule has 0 aromatic heterocycles. The topological polar surface area (TPSA) is 111 Å². The smallest absolute Gasteiger partial charge is 0.270 e. The first-order valence-corrected chi connectivity index (χ1v) is 11.0. The zero-order chi connectivity index (χ0) is 22.0. The largest absolute Gasteiger partial charge is 0.376 e. The third-order valence-electron chi connectivity index (χ3n) is 6.67. The van der Waals surface area contributed by atoms with E-state index in [4.69, 9.17) is 9.47 Å². The number of hydrogen-bond donors (Lipinski definition) is 1. The molecule has 2 aliphatic heterocycles. The third kappa shape index (κ3) is 4.43. The molecule has 3 aliphatic rings. The molecule has 1 aromatic rings. The molecular formula is C22H29N3O6. The molecule has 2 atom stereocenters. The van der Waals surface area contributed by atoms with Crippen LogP contribution >= 0.6 is 0 Å². The van der Waals surface area contributed by atoms with Gasteiger partial charge in [-0.2, -0.15) is 0 Å². The lowest BCUT2D eigenvalue weighted by molar-refractivity contribution is -0.384. The lowest BCUT2D eigenvalue weighted by atomic mass is 9.83.